The summed E-state index contributed by atoms with van der Waals surface area (Å²) < 4.78 is 0. The van der Waals surface area contributed by atoms with Crippen molar-refractivity contribution in [2.45, 2.75) is 128 Å². The van der Waals surface area contributed by atoms with E-state index in [2.05, 4.69) is 6.92 Å². The van der Waals surface area contributed by atoms with E-state index in [1.807, 2.05) is 0 Å². The topological polar surface area (TPSA) is 138 Å². The summed E-state index contributed by atoms with van der Waals surface area (Å²) in [5.41, 5.74) is 0. The van der Waals surface area contributed by atoms with Gasteiger partial charge in [0.25, 0.3) is 0 Å². The summed E-state index contributed by atoms with van der Waals surface area (Å²) in [5.74, 6) is -2.47. The second-order valence-electron chi connectivity index (χ2n) is 8.55. The molecule has 0 aliphatic carbocycles. The van der Waals surface area contributed by atoms with Crippen LogP contribution in [0.5, 0.6) is 0 Å². The van der Waals surface area contributed by atoms with Crippen LogP contribution in [0.1, 0.15) is 103 Å². The number of rotatable bonds is 21. The molecule has 0 amide bonds. The van der Waals surface area contributed by atoms with Gasteiger partial charge < -0.3 is 30.6 Å². The van der Waals surface area contributed by atoms with Gasteiger partial charge in [-0.3, -0.25) is 4.79 Å². The van der Waals surface area contributed by atoms with Crippen molar-refractivity contribution in [1.82, 2.24) is 0 Å². The van der Waals surface area contributed by atoms with Crippen LogP contribution in [0.15, 0.2) is 0 Å². The SMILES string of the molecule is CCCCCCCCCCCCCCCCC(C(=O)O)C(O)[C@H](O)[C@H](O)[C@H](O)CO. The number of hydrogen-bond acceptors (Lipinski definition) is 6. The lowest BCUT2D eigenvalue weighted by atomic mass is 9.88. The molecule has 0 radical (unpaired) electrons. The van der Waals surface area contributed by atoms with E-state index >= 15 is 0 Å². The normalized spacial score (nSPS) is 16.7. The van der Waals surface area contributed by atoms with E-state index in [-0.39, 0.29) is 6.42 Å². The number of carbonyl (C=O) groups is 1. The molecular weight excluding hydrogens is 388 g/mol. The van der Waals surface area contributed by atoms with Gasteiger partial charge in [-0.1, -0.05) is 96.8 Å². The van der Waals surface area contributed by atoms with Gasteiger partial charge in [0.15, 0.2) is 0 Å². The smallest absolute Gasteiger partial charge is 0.309 e. The minimum Gasteiger partial charge on any atom is -0.481 e. The van der Waals surface area contributed by atoms with Crippen molar-refractivity contribution in [2.24, 2.45) is 5.92 Å². The summed E-state index contributed by atoms with van der Waals surface area (Å²) in [6.07, 6.45) is 9.84. The minimum absolute atomic E-state index is 0.188. The Bertz CT molecular complexity index is 405. The van der Waals surface area contributed by atoms with Crippen molar-refractivity contribution in [3.8, 4) is 0 Å². The van der Waals surface area contributed by atoms with Crippen molar-refractivity contribution in [2.75, 3.05) is 6.61 Å². The Balaban J connectivity index is 3.84. The fraction of sp³-hybridized carbons (Fsp3) is 0.957. The van der Waals surface area contributed by atoms with E-state index in [1.54, 1.807) is 0 Å². The molecule has 0 aliphatic rings. The van der Waals surface area contributed by atoms with E-state index < -0.39 is 42.9 Å². The molecule has 0 aromatic heterocycles. The zero-order chi connectivity index (χ0) is 22.8. The van der Waals surface area contributed by atoms with Crippen molar-refractivity contribution in [3.63, 3.8) is 0 Å². The third-order valence-corrected chi connectivity index (χ3v) is 5.88. The fourth-order valence-electron chi connectivity index (χ4n) is 3.77. The van der Waals surface area contributed by atoms with Crippen LogP contribution in [0.2, 0.25) is 0 Å². The lowest BCUT2D eigenvalue weighted by Crippen LogP contribution is -2.49. The van der Waals surface area contributed by atoms with Gasteiger partial charge in [0, 0.05) is 0 Å². The van der Waals surface area contributed by atoms with Crippen LogP contribution in [0.25, 0.3) is 0 Å². The molecular formula is C23H46O7. The van der Waals surface area contributed by atoms with Crippen LogP contribution in [0, 0.1) is 5.92 Å². The van der Waals surface area contributed by atoms with Gasteiger partial charge in [-0.05, 0) is 6.42 Å². The Labute approximate surface area is 182 Å². The van der Waals surface area contributed by atoms with Gasteiger partial charge in [0.2, 0.25) is 0 Å². The highest BCUT2D eigenvalue weighted by atomic mass is 16.4. The van der Waals surface area contributed by atoms with Crippen LogP contribution >= 0.6 is 0 Å². The third kappa shape index (κ3) is 13.5. The zero-order valence-electron chi connectivity index (χ0n) is 18.8. The molecule has 5 atom stereocenters. The van der Waals surface area contributed by atoms with Gasteiger partial charge in [0.05, 0.1) is 18.6 Å². The van der Waals surface area contributed by atoms with Gasteiger partial charge in [-0.15, -0.1) is 0 Å². The molecule has 7 heteroatoms. The molecule has 0 aromatic rings. The predicted molar refractivity (Wildman–Crippen MR) is 117 cm³/mol. The van der Waals surface area contributed by atoms with Crippen molar-refractivity contribution in [1.29, 1.82) is 0 Å². The Morgan fingerprint density at radius 3 is 1.40 bits per heavy atom. The van der Waals surface area contributed by atoms with Gasteiger partial charge in [-0.25, -0.2) is 0 Å². The summed E-state index contributed by atoms with van der Waals surface area (Å²) >= 11 is 0. The van der Waals surface area contributed by atoms with Gasteiger partial charge >= 0.3 is 5.97 Å². The molecule has 0 fully saturated rings. The molecule has 0 saturated heterocycles. The van der Waals surface area contributed by atoms with Crippen molar-refractivity contribution >= 4 is 5.97 Å². The number of carboxylic acids is 1. The number of unbranched alkanes of at least 4 members (excludes halogenated alkanes) is 13. The van der Waals surface area contributed by atoms with Crippen LogP contribution < -0.4 is 0 Å². The van der Waals surface area contributed by atoms with Crippen LogP contribution in [0.3, 0.4) is 0 Å². The second kappa shape index (κ2) is 19.0. The predicted octanol–water partition coefficient (Wildman–Crippen LogP) is 2.99. The highest BCUT2D eigenvalue weighted by Crippen LogP contribution is 2.21. The lowest BCUT2D eigenvalue weighted by molar-refractivity contribution is -0.159. The fourth-order valence-corrected chi connectivity index (χ4v) is 3.77. The molecule has 0 rings (SSSR count). The largest absolute Gasteiger partial charge is 0.481 e. The summed E-state index contributed by atoms with van der Waals surface area (Å²) in [7, 11) is 0. The monoisotopic (exact) mass is 434 g/mol. The molecule has 0 spiro atoms. The van der Waals surface area contributed by atoms with Crippen LogP contribution in [-0.2, 0) is 4.79 Å². The minimum atomic E-state index is -1.83. The average molecular weight is 435 g/mol. The maximum Gasteiger partial charge on any atom is 0.309 e. The molecule has 2 unspecified atom stereocenters. The Kier molecular flexibility index (Phi) is 18.5. The molecule has 7 nitrogen and oxygen atoms in total. The zero-order valence-corrected chi connectivity index (χ0v) is 18.8. The summed E-state index contributed by atoms with van der Waals surface area (Å²) in [5, 5.41) is 57.1. The van der Waals surface area contributed by atoms with E-state index in [9.17, 15) is 30.3 Å². The Morgan fingerprint density at radius 2 is 1.03 bits per heavy atom. The average Bonchev–Trinajstić information content (AvgIpc) is 2.74. The molecule has 0 aliphatic heterocycles. The second-order valence-corrected chi connectivity index (χ2v) is 8.55. The molecule has 0 heterocycles. The van der Waals surface area contributed by atoms with Crippen molar-refractivity contribution < 1.29 is 35.4 Å². The number of carboxylic acid groups (broad SMARTS) is 1. The molecule has 0 aromatic carbocycles. The molecule has 30 heavy (non-hydrogen) atoms. The summed E-state index contributed by atoms with van der Waals surface area (Å²) in [4.78, 5) is 11.4. The number of aliphatic hydroxyl groups is 5. The molecule has 180 valence electrons. The quantitative estimate of drug-likeness (QED) is 0.153. The first kappa shape index (κ1) is 29.3. The maximum absolute atomic E-state index is 11.4. The Morgan fingerprint density at radius 1 is 0.633 bits per heavy atom. The lowest BCUT2D eigenvalue weighted by Gasteiger charge is -2.29. The third-order valence-electron chi connectivity index (χ3n) is 5.88. The molecule has 0 saturated carbocycles. The maximum atomic E-state index is 11.4. The summed E-state index contributed by atoms with van der Waals surface area (Å²) in [6.45, 7) is 1.44. The molecule has 0 bridgehead atoms. The molecule has 6 N–H and O–H groups in total. The van der Waals surface area contributed by atoms with Crippen molar-refractivity contribution in [3.05, 3.63) is 0 Å². The van der Waals surface area contributed by atoms with Gasteiger partial charge in [-0.2, -0.15) is 0 Å². The van der Waals surface area contributed by atoms with E-state index in [0.717, 1.165) is 19.3 Å². The van der Waals surface area contributed by atoms with Crippen LogP contribution in [-0.4, -0.2) is 67.6 Å². The van der Waals surface area contributed by atoms with Gasteiger partial charge in [0.1, 0.15) is 18.3 Å². The first-order valence-corrected chi connectivity index (χ1v) is 11.9. The van der Waals surface area contributed by atoms with Crippen LogP contribution in [0.4, 0.5) is 0 Å². The number of aliphatic carboxylic acids is 1. The van der Waals surface area contributed by atoms with E-state index in [1.165, 1.54) is 64.2 Å². The number of hydrogen-bond donors (Lipinski definition) is 6. The number of aliphatic hydroxyl groups excluding tert-OH is 5. The summed E-state index contributed by atoms with van der Waals surface area (Å²) in [6, 6.07) is 0. The first-order valence-electron chi connectivity index (χ1n) is 11.9. The highest BCUT2D eigenvalue weighted by Gasteiger charge is 2.37. The Hall–Kier alpha value is -0.730. The highest BCUT2D eigenvalue weighted by molar-refractivity contribution is 5.70. The standard InChI is InChI=1S/C23H46O7/c1-2-3-4-5-6-7-8-9-10-11-12-13-14-15-16-18(23(29)30)20(26)22(28)21(27)19(25)17-24/h18-22,24-28H,2-17H2,1H3,(H,29,30)/t18?,19-,20?,21-,22+/m1/s1. The van der Waals surface area contributed by atoms with E-state index in [4.69, 9.17) is 5.11 Å². The first-order chi connectivity index (χ1) is 14.4. The van der Waals surface area contributed by atoms with E-state index in [0.29, 0.717) is 6.42 Å².